The second-order valence-electron chi connectivity index (χ2n) is 3.82. The molecule has 1 aliphatic rings. The molecule has 0 N–H and O–H groups in total. The number of hydrogen-bond donors (Lipinski definition) is 0. The number of nitrogens with zero attached hydrogens (tertiary/aromatic N) is 3. The Bertz CT molecular complexity index is 460. The summed E-state index contributed by atoms with van der Waals surface area (Å²) < 4.78 is 7.65. The molecule has 2 aromatic rings. The van der Waals surface area contributed by atoms with Crippen LogP contribution < -0.4 is 0 Å². The van der Waals surface area contributed by atoms with Gasteiger partial charge >= 0.3 is 0 Å². The Morgan fingerprint density at radius 3 is 3.27 bits per heavy atom. The third-order valence-electron chi connectivity index (χ3n) is 2.80. The minimum atomic E-state index is 0.0976. The van der Waals surface area contributed by atoms with Crippen molar-refractivity contribution in [3.8, 4) is 0 Å². The van der Waals surface area contributed by atoms with Gasteiger partial charge in [0.1, 0.15) is 5.52 Å². The molecule has 1 aliphatic heterocycles. The van der Waals surface area contributed by atoms with Crippen LogP contribution in [0.2, 0.25) is 0 Å². The first-order chi connectivity index (χ1) is 7.45. The van der Waals surface area contributed by atoms with E-state index in [-0.39, 0.29) is 6.23 Å². The maximum Gasteiger partial charge on any atom is 0.150 e. The quantitative estimate of drug-likeness (QED) is 0.712. The van der Waals surface area contributed by atoms with E-state index in [0.717, 1.165) is 30.5 Å². The highest BCUT2D eigenvalue weighted by atomic mass is 16.5. The second kappa shape index (κ2) is 3.62. The first-order valence-corrected chi connectivity index (χ1v) is 5.35. The minimum absolute atomic E-state index is 0.0976. The molecule has 4 heteroatoms. The summed E-state index contributed by atoms with van der Waals surface area (Å²) >= 11 is 0. The van der Waals surface area contributed by atoms with Gasteiger partial charge in [-0.05, 0) is 31.4 Å². The molecule has 0 bridgehead atoms. The molecular weight excluding hydrogens is 190 g/mol. The normalized spacial score (nSPS) is 22.0. The highest BCUT2D eigenvalue weighted by molar-refractivity contribution is 5.73. The van der Waals surface area contributed by atoms with Crippen molar-refractivity contribution in [1.29, 1.82) is 0 Å². The zero-order chi connectivity index (χ0) is 10.1. The Hall–Kier alpha value is -1.42. The molecule has 1 unspecified atom stereocenters. The predicted octanol–water partition coefficient (Wildman–Crippen LogP) is 2.13. The summed E-state index contributed by atoms with van der Waals surface area (Å²) in [6, 6.07) is 3.97. The molecule has 0 spiro atoms. The van der Waals surface area contributed by atoms with Gasteiger partial charge in [0.05, 0.1) is 11.7 Å². The van der Waals surface area contributed by atoms with Crippen molar-refractivity contribution in [2.24, 2.45) is 0 Å². The third kappa shape index (κ3) is 1.51. The topological polar surface area (TPSA) is 39.9 Å². The van der Waals surface area contributed by atoms with Crippen LogP contribution in [-0.2, 0) is 4.74 Å². The molecule has 0 saturated carbocycles. The van der Waals surface area contributed by atoms with Crippen LogP contribution in [0.3, 0.4) is 0 Å². The monoisotopic (exact) mass is 203 g/mol. The Balaban J connectivity index is 2.02. The fraction of sp³-hybridized carbons (Fsp3) is 0.455. The van der Waals surface area contributed by atoms with Crippen molar-refractivity contribution >= 4 is 11.0 Å². The van der Waals surface area contributed by atoms with Crippen LogP contribution in [0.25, 0.3) is 11.0 Å². The molecule has 1 fully saturated rings. The zero-order valence-electron chi connectivity index (χ0n) is 8.47. The van der Waals surface area contributed by atoms with Gasteiger partial charge in [-0.3, -0.25) is 4.98 Å². The number of hydrogen-bond acceptors (Lipinski definition) is 3. The Morgan fingerprint density at radius 1 is 1.40 bits per heavy atom. The van der Waals surface area contributed by atoms with E-state index in [1.165, 1.54) is 6.42 Å². The molecule has 78 valence electrons. The number of fused-ring (bicyclic) bond motifs is 1. The first kappa shape index (κ1) is 8.85. The van der Waals surface area contributed by atoms with Crippen molar-refractivity contribution in [2.45, 2.75) is 25.5 Å². The average Bonchev–Trinajstić information content (AvgIpc) is 2.74. The van der Waals surface area contributed by atoms with Gasteiger partial charge in [0.25, 0.3) is 0 Å². The Labute approximate surface area is 87.9 Å². The van der Waals surface area contributed by atoms with Gasteiger partial charge in [0, 0.05) is 12.8 Å². The standard InChI is InChI=1S/C11H13N3O/c1-2-7-15-11(5-1)14-10-4-3-6-12-9(10)8-13-14/h3-4,6,8,11H,1-2,5,7H2. The summed E-state index contributed by atoms with van der Waals surface area (Å²) in [5.41, 5.74) is 2.00. The lowest BCUT2D eigenvalue weighted by Crippen LogP contribution is -2.18. The number of rotatable bonds is 1. The van der Waals surface area contributed by atoms with Crippen LogP contribution in [0.4, 0.5) is 0 Å². The van der Waals surface area contributed by atoms with E-state index in [0.29, 0.717) is 0 Å². The van der Waals surface area contributed by atoms with Gasteiger partial charge in [-0.25, -0.2) is 4.68 Å². The van der Waals surface area contributed by atoms with Gasteiger partial charge in [-0.2, -0.15) is 5.10 Å². The smallest absolute Gasteiger partial charge is 0.150 e. The molecule has 3 heterocycles. The largest absolute Gasteiger partial charge is 0.356 e. The molecule has 0 aromatic carbocycles. The average molecular weight is 203 g/mol. The third-order valence-corrected chi connectivity index (χ3v) is 2.80. The lowest BCUT2D eigenvalue weighted by Gasteiger charge is -2.23. The van der Waals surface area contributed by atoms with Crippen molar-refractivity contribution in [3.63, 3.8) is 0 Å². The fourth-order valence-corrected chi connectivity index (χ4v) is 2.03. The molecule has 0 radical (unpaired) electrons. The maximum absolute atomic E-state index is 5.70. The second-order valence-corrected chi connectivity index (χ2v) is 3.82. The summed E-state index contributed by atoms with van der Waals surface area (Å²) in [6.07, 6.45) is 7.11. The molecule has 4 nitrogen and oxygen atoms in total. The van der Waals surface area contributed by atoms with E-state index in [9.17, 15) is 0 Å². The lowest BCUT2D eigenvalue weighted by molar-refractivity contribution is -0.0366. The fourth-order valence-electron chi connectivity index (χ4n) is 2.03. The lowest BCUT2D eigenvalue weighted by atomic mass is 10.2. The minimum Gasteiger partial charge on any atom is -0.356 e. The SMILES string of the molecule is c1cnc2cnn(C3CCCCO3)c2c1. The molecule has 0 aliphatic carbocycles. The molecule has 15 heavy (non-hydrogen) atoms. The molecule has 1 saturated heterocycles. The maximum atomic E-state index is 5.70. The van der Waals surface area contributed by atoms with E-state index in [1.807, 2.05) is 16.8 Å². The van der Waals surface area contributed by atoms with E-state index in [1.54, 1.807) is 12.4 Å². The van der Waals surface area contributed by atoms with Crippen LogP contribution >= 0.6 is 0 Å². The highest BCUT2D eigenvalue weighted by Gasteiger charge is 2.18. The summed E-state index contributed by atoms with van der Waals surface area (Å²) in [4.78, 5) is 4.26. The summed E-state index contributed by atoms with van der Waals surface area (Å²) in [5.74, 6) is 0. The van der Waals surface area contributed by atoms with Crippen LogP contribution in [0.5, 0.6) is 0 Å². The van der Waals surface area contributed by atoms with Crippen LogP contribution in [0, 0.1) is 0 Å². The van der Waals surface area contributed by atoms with Crippen molar-refractivity contribution < 1.29 is 4.74 Å². The van der Waals surface area contributed by atoms with E-state index >= 15 is 0 Å². The predicted molar refractivity (Wildman–Crippen MR) is 56.4 cm³/mol. The van der Waals surface area contributed by atoms with Gasteiger partial charge in [-0.1, -0.05) is 0 Å². The van der Waals surface area contributed by atoms with Gasteiger partial charge in [0.2, 0.25) is 0 Å². The van der Waals surface area contributed by atoms with E-state index in [2.05, 4.69) is 10.1 Å². The first-order valence-electron chi connectivity index (χ1n) is 5.35. The summed E-state index contributed by atoms with van der Waals surface area (Å²) in [5, 5.41) is 4.35. The molecule has 1 atom stereocenters. The number of ether oxygens (including phenoxy) is 1. The number of aromatic nitrogens is 3. The highest BCUT2D eigenvalue weighted by Crippen LogP contribution is 2.24. The van der Waals surface area contributed by atoms with Gasteiger partial charge in [-0.15, -0.1) is 0 Å². The van der Waals surface area contributed by atoms with Gasteiger partial charge < -0.3 is 4.74 Å². The van der Waals surface area contributed by atoms with Crippen molar-refractivity contribution in [2.75, 3.05) is 6.61 Å². The van der Waals surface area contributed by atoms with Gasteiger partial charge in [0.15, 0.2) is 6.23 Å². The summed E-state index contributed by atoms with van der Waals surface area (Å²) in [6.45, 7) is 0.840. The van der Waals surface area contributed by atoms with E-state index < -0.39 is 0 Å². The van der Waals surface area contributed by atoms with Crippen LogP contribution in [0.1, 0.15) is 25.5 Å². The molecule has 2 aromatic heterocycles. The van der Waals surface area contributed by atoms with Crippen molar-refractivity contribution in [1.82, 2.24) is 14.8 Å². The Kier molecular flexibility index (Phi) is 2.14. The molecule has 3 rings (SSSR count). The van der Waals surface area contributed by atoms with E-state index in [4.69, 9.17) is 4.74 Å². The zero-order valence-corrected chi connectivity index (χ0v) is 8.47. The summed E-state index contributed by atoms with van der Waals surface area (Å²) in [7, 11) is 0. The Morgan fingerprint density at radius 2 is 2.40 bits per heavy atom. The van der Waals surface area contributed by atoms with Crippen LogP contribution in [-0.4, -0.2) is 21.4 Å². The molecule has 0 amide bonds. The molecular formula is C11H13N3O. The number of pyridine rings is 1. The van der Waals surface area contributed by atoms with Crippen molar-refractivity contribution in [3.05, 3.63) is 24.5 Å². The van der Waals surface area contributed by atoms with Crippen LogP contribution in [0.15, 0.2) is 24.5 Å².